The molecule has 2 rings (SSSR count). The molecule has 1 aliphatic rings. The van der Waals surface area contributed by atoms with Gasteiger partial charge in [-0.3, -0.25) is 0 Å². The van der Waals surface area contributed by atoms with Crippen LogP contribution in [0.1, 0.15) is 5.56 Å². The molecule has 0 bridgehead atoms. The molecule has 1 aliphatic heterocycles. The second-order valence-corrected chi connectivity index (χ2v) is 4.16. The second kappa shape index (κ2) is 4.41. The fraction of sp³-hybridized carbons (Fsp3) is 0.182. The van der Waals surface area contributed by atoms with Gasteiger partial charge < -0.3 is 9.84 Å². The summed E-state index contributed by atoms with van der Waals surface area (Å²) in [5, 5.41) is 8.40. The highest BCUT2D eigenvalue weighted by atomic mass is 35.5. The maximum absolute atomic E-state index is 13.1. The van der Waals surface area contributed by atoms with Gasteiger partial charge in [-0.2, -0.15) is 13.2 Å². The number of carboxylic acids is 1. The number of alkyl halides is 3. The summed E-state index contributed by atoms with van der Waals surface area (Å²) in [5.41, 5.74) is -1.18. The molecule has 0 saturated carbocycles. The molecule has 1 aromatic carbocycles. The Kier molecular flexibility index (Phi) is 3.17. The van der Waals surface area contributed by atoms with E-state index in [9.17, 15) is 22.4 Å². The third-order valence-electron chi connectivity index (χ3n) is 2.41. The van der Waals surface area contributed by atoms with Crippen LogP contribution in [0.15, 0.2) is 17.7 Å². The standard InChI is InChI=1S/C11H5ClF4O3/c12-7-3-5(13)1-4-2-6(10(17)18)9(11(14,15)16)19-8(4)7/h1-3,9H,(H,17,18). The average Bonchev–Trinajstić information content (AvgIpc) is 2.25. The Morgan fingerprint density at radius 1 is 1.37 bits per heavy atom. The predicted octanol–water partition coefficient (Wildman–Crippen LogP) is 3.27. The first kappa shape index (κ1) is 13.7. The summed E-state index contributed by atoms with van der Waals surface area (Å²) >= 11 is 5.58. The van der Waals surface area contributed by atoms with E-state index in [1.807, 2.05) is 0 Å². The smallest absolute Gasteiger partial charge is 0.430 e. The molecule has 0 saturated heterocycles. The topological polar surface area (TPSA) is 46.5 Å². The van der Waals surface area contributed by atoms with Crippen LogP contribution in [0.2, 0.25) is 5.02 Å². The molecule has 0 amide bonds. The van der Waals surface area contributed by atoms with Crippen LogP contribution in [-0.2, 0) is 4.79 Å². The number of aliphatic carboxylic acids is 1. The number of hydrogen-bond acceptors (Lipinski definition) is 2. The van der Waals surface area contributed by atoms with Crippen molar-refractivity contribution in [2.75, 3.05) is 0 Å². The van der Waals surface area contributed by atoms with Gasteiger partial charge in [0.15, 0.2) is 0 Å². The van der Waals surface area contributed by atoms with Crippen LogP contribution in [0.5, 0.6) is 5.75 Å². The van der Waals surface area contributed by atoms with E-state index in [4.69, 9.17) is 16.7 Å². The van der Waals surface area contributed by atoms with Gasteiger partial charge in [-0.1, -0.05) is 11.6 Å². The monoisotopic (exact) mass is 296 g/mol. The largest absolute Gasteiger partial charge is 0.478 e. The summed E-state index contributed by atoms with van der Waals surface area (Å²) in [6, 6.07) is 1.63. The lowest BCUT2D eigenvalue weighted by atomic mass is 10.0. The van der Waals surface area contributed by atoms with Crippen molar-refractivity contribution < 1.29 is 32.2 Å². The van der Waals surface area contributed by atoms with E-state index in [0.717, 1.165) is 12.1 Å². The number of fused-ring (bicyclic) bond motifs is 1. The van der Waals surface area contributed by atoms with E-state index < -0.39 is 35.4 Å². The molecule has 1 unspecified atom stereocenters. The quantitative estimate of drug-likeness (QED) is 0.809. The van der Waals surface area contributed by atoms with Crippen LogP contribution in [0.3, 0.4) is 0 Å². The maximum Gasteiger partial charge on any atom is 0.430 e. The first-order valence-electron chi connectivity index (χ1n) is 4.87. The summed E-state index contributed by atoms with van der Waals surface area (Å²) in [7, 11) is 0. The number of carboxylic acid groups (broad SMARTS) is 1. The Balaban J connectivity index is 2.61. The minimum Gasteiger partial charge on any atom is -0.478 e. The Morgan fingerprint density at radius 3 is 2.53 bits per heavy atom. The number of carbonyl (C=O) groups is 1. The Morgan fingerprint density at radius 2 is 2.00 bits per heavy atom. The number of halogens is 5. The number of ether oxygens (including phenoxy) is 1. The number of rotatable bonds is 1. The summed E-state index contributed by atoms with van der Waals surface area (Å²) in [4.78, 5) is 10.8. The molecular formula is C11H5ClF4O3. The zero-order valence-electron chi connectivity index (χ0n) is 8.96. The van der Waals surface area contributed by atoms with E-state index in [2.05, 4.69) is 4.74 Å². The highest BCUT2D eigenvalue weighted by molar-refractivity contribution is 6.32. The normalized spacial score (nSPS) is 18.4. The highest BCUT2D eigenvalue weighted by Crippen LogP contribution is 2.41. The first-order chi connectivity index (χ1) is 8.70. The van der Waals surface area contributed by atoms with Crippen LogP contribution in [0.4, 0.5) is 17.6 Å². The Labute approximate surface area is 109 Å². The van der Waals surface area contributed by atoms with Crippen molar-refractivity contribution in [3.63, 3.8) is 0 Å². The fourth-order valence-electron chi connectivity index (χ4n) is 1.65. The van der Waals surface area contributed by atoms with Gasteiger partial charge in [0.25, 0.3) is 0 Å². The van der Waals surface area contributed by atoms with E-state index in [1.54, 1.807) is 0 Å². The molecule has 1 atom stereocenters. The summed E-state index contributed by atoms with van der Waals surface area (Å²) in [5.74, 6) is -3.00. The van der Waals surface area contributed by atoms with Crippen molar-refractivity contribution in [1.29, 1.82) is 0 Å². The van der Waals surface area contributed by atoms with Crippen LogP contribution in [0, 0.1) is 5.82 Å². The second-order valence-electron chi connectivity index (χ2n) is 3.75. The van der Waals surface area contributed by atoms with Gasteiger partial charge in [-0.25, -0.2) is 9.18 Å². The van der Waals surface area contributed by atoms with Crippen molar-refractivity contribution in [1.82, 2.24) is 0 Å². The van der Waals surface area contributed by atoms with E-state index >= 15 is 0 Å². The van der Waals surface area contributed by atoms with Crippen LogP contribution < -0.4 is 4.74 Å². The lowest BCUT2D eigenvalue weighted by molar-refractivity contribution is -0.187. The lowest BCUT2D eigenvalue weighted by Crippen LogP contribution is -2.40. The van der Waals surface area contributed by atoms with Crippen molar-refractivity contribution in [2.45, 2.75) is 12.3 Å². The van der Waals surface area contributed by atoms with Gasteiger partial charge in [0.1, 0.15) is 11.6 Å². The summed E-state index contributed by atoms with van der Waals surface area (Å²) in [6.07, 6.45) is -6.85. The molecular weight excluding hydrogens is 292 g/mol. The Bertz CT molecular complexity index is 580. The molecule has 1 heterocycles. The minimum absolute atomic E-state index is 0.150. The SMILES string of the molecule is O=C(O)C1=Cc2cc(F)cc(Cl)c2OC1C(F)(F)F. The van der Waals surface area contributed by atoms with Crippen molar-refractivity contribution >= 4 is 23.6 Å². The third kappa shape index (κ3) is 2.51. The molecule has 0 radical (unpaired) electrons. The lowest BCUT2D eigenvalue weighted by Gasteiger charge is -2.27. The Hall–Kier alpha value is -1.76. The van der Waals surface area contributed by atoms with Gasteiger partial charge in [-0.15, -0.1) is 0 Å². The van der Waals surface area contributed by atoms with Gasteiger partial charge in [0.05, 0.1) is 10.6 Å². The fourth-order valence-corrected chi connectivity index (χ4v) is 1.91. The van der Waals surface area contributed by atoms with Gasteiger partial charge in [-0.05, 0) is 18.2 Å². The molecule has 102 valence electrons. The van der Waals surface area contributed by atoms with Gasteiger partial charge in [0, 0.05) is 5.56 Å². The zero-order chi connectivity index (χ0) is 14.4. The molecule has 0 aliphatic carbocycles. The van der Waals surface area contributed by atoms with Crippen molar-refractivity contribution in [3.05, 3.63) is 34.1 Å². The van der Waals surface area contributed by atoms with E-state index in [-0.39, 0.29) is 10.6 Å². The molecule has 3 nitrogen and oxygen atoms in total. The average molecular weight is 297 g/mol. The van der Waals surface area contributed by atoms with Gasteiger partial charge >= 0.3 is 12.1 Å². The van der Waals surface area contributed by atoms with Gasteiger partial charge in [0.2, 0.25) is 6.10 Å². The van der Waals surface area contributed by atoms with Crippen LogP contribution >= 0.6 is 11.6 Å². The first-order valence-corrected chi connectivity index (χ1v) is 5.25. The number of hydrogen-bond donors (Lipinski definition) is 1. The molecule has 1 aromatic rings. The minimum atomic E-state index is -4.92. The zero-order valence-corrected chi connectivity index (χ0v) is 9.72. The molecule has 8 heteroatoms. The summed E-state index contributed by atoms with van der Waals surface area (Å²) < 4.78 is 55.8. The van der Waals surface area contributed by atoms with Crippen molar-refractivity contribution in [3.8, 4) is 5.75 Å². The van der Waals surface area contributed by atoms with E-state index in [1.165, 1.54) is 0 Å². The van der Waals surface area contributed by atoms with E-state index in [0.29, 0.717) is 6.08 Å². The van der Waals surface area contributed by atoms with Crippen LogP contribution in [0.25, 0.3) is 6.08 Å². The maximum atomic E-state index is 13.1. The van der Waals surface area contributed by atoms with Crippen LogP contribution in [-0.4, -0.2) is 23.4 Å². The summed E-state index contributed by atoms with van der Waals surface area (Å²) in [6.45, 7) is 0. The highest BCUT2D eigenvalue weighted by Gasteiger charge is 2.48. The predicted molar refractivity (Wildman–Crippen MR) is 57.5 cm³/mol. The molecule has 0 spiro atoms. The molecule has 19 heavy (non-hydrogen) atoms. The molecule has 0 aromatic heterocycles. The number of benzene rings is 1. The van der Waals surface area contributed by atoms with Crippen molar-refractivity contribution in [2.24, 2.45) is 0 Å². The molecule has 1 N–H and O–H groups in total. The third-order valence-corrected chi connectivity index (χ3v) is 2.69. The molecule has 0 fully saturated rings.